The smallest absolute Gasteiger partial charge is 0.437 e. The number of alkyl halides is 6. The molecule has 0 spiro atoms. The van der Waals surface area contributed by atoms with Gasteiger partial charge in [-0.05, 0) is 0 Å². The van der Waals surface area contributed by atoms with E-state index in [1.807, 2.05) is 0 Å². The van der Waals surface area contributed by atoms with Gasteiger partial charge in [0, 0.05) is 6.42 Å². The molecule has 0 aromatic rings. The van der Waals surface area contributed by atoms with Crippen molar-refractivity contribution in [1.29, 1.82) is 0 Å². The van der Waals surface area contributed by atoms with Crippen LogP contribution in [0.1, 0.15) is 13.3 Å². The number of esters is 2. The quantitative estimate of drug-likeness (QED) is 0.471. The molecule has 0 fully saturated rings. The van der Waals surface area contributed by atoms with Gasteiger partial charge in [0.2, 0.25) is 0 Å². The molecule has 0 heterocycles. The van der Waals surface area contributed by atoms with E-state index in [9.17, 15) is 35.9 Å². The van der Waals surface area contributed by atoms with Gasteiger partial charge in [0.15, 0.2) is 0 Å². The lowest BCUT2D eigenvalue weighted by Crippen LogP contribution is -2.63. The zero-order valence-corrected chi connectivity index (χ0v) is 9.97. The second-order valence-corrected chi connectivity index (χ2v) is 3.42. The van der Waals surface area contributed by atoms with Crippen molar-refractivity contribution in [2.45, 2.75) is 31.3 Å². The second-order valence-electron chi connectivity index (χ2n) is 3.42. The molecule has 0 aromatic carbocycles. The maximum atomic E-state index is 12.2. The molecule has 0 saturated carbocycles. The molecule has 0 saturated heterocycles. The molecule has 0 bridgehead atoms. The Morgan fingerprint density at radius 1 is 0.950 bits per heavy atom. The third-order valence-electron chi connectivity index (χ3n) is 1.98. The van der Waals surface area contributed by atoms with E-state index < -0.39 is 43.1 Å². The van der Waals surface area contributed by atoms with Crippen LogP contribution in [-0.4, -0.2) is 48.2 Å². The number of aliphatic hydroxyl groups is 1. The normalized spacial score (nSPS) is 13.0. The van der Waals surface area contributed by atoms with Crippen LogP contribution in [0, 0.1) is 0 Å². The van der Waals surface area contributed by atoms with E-state index in [1.54, 1.807) is 0 Å². The van der Waals surface area contributed by atoms with E-state index in [-0.39, 0.29) is 6.42 Å². The molecule has 20 heavy (non-hydrogen) atoms. The Labute approximate surface area is 108 Å². The van der Waals surface area contributed by atoms with Gasteiger partial charge in [0.25, 0.3) is 0 Å². The maximum Gasteiger partial charge on any atom is 0.437 e. The van der Waals surface area contributed by atoms with E-state index in [1.165, 1.54) is 6.92 Å². The van der Waals surface area contributed by atoms with Crippen molar-refractivity contribution in [1.82, 2.24) is 0 Å². The summed E-state index contributed by atoms with van der Waals surface area (Å²) in [5.41, 5.74) is -5.63. The lowest BCUT2D eigenvalue weighted by atomic mass is 10.0. The van der Waals surface area contributed by atoms with Crippen LogP contribution in [0.25, 0.3) is 0 Å². The van der Waals surface area contributed by atoms with Crippen molar-refractivity contribution in [3.63, 3.8) is 0 Å². The zero-order valence-electron chi connectivity index (χ0n) is 9.97. The summed E-state index contributed by atoms with van der Waals surface area (Å²) >= 11 is 0. The summed E-state index contributed by atoms with van der Waals surface area (Å²) in [6.07, 6.45) is -12.7. The van der Waals surface area contributed by atoms with E-state index in [0.29, 0.717) is 0 Å². The summed E-state index contributed by atoms with van der Waals surface area (Å²) in [5.74, 6) is -3.73. The minimum Gasteiger partial charge on any atom is -0.462 e. The van der Waals surface area contributed by atoms with Crippen LogP contribution in [0.5, 0.6) is 0 Å². The van der Waals surface area contributed by atoms with Crippen LogP contribution in [0.15, 0.2) is 0 Å². The molecular formula is C9H10F6O5. The Morgan fingerprint density at radius 3 is 1.70 bits per heavy atom. The predicted molar refractivity (Wildman–Crippen MR) is 49.3 cm³/mol. The molecule has 11 heteroatoms. The van der Waals surface area contributed by atoms with E-state index >= 15 is 0 Å². The van der Waals surface area contributed by atoms with Crippen LogP contribution in [0.4, 0.5) is 26.3 Å². The molecule has 0 aliphatic heterocycles. The lowest BCUT2D eigenvalue weighted by Gasteiger charge is -2.29. The third kappa shape index (κ3) is 3.99. The molecule has 0 aromatic heterocycles. The summed E-state index contributed by atoms with van der Waals surface area (Å²) in [6.45, 7) is -0.399. The molecule has 0 radical (unpaired) electrons. The van der Waals surface area contributed by atoms with Crippen molar-refractivity contribution in [3.05, 3.63) is 0 Å². The number of hydrogen-bond acceptors (Lipinski definition) is 5. The van der Waals surface area contributed by atoms with Crippen LogP contribution in [0.3, 0.4) is 0 Å². The summed E-state index contributed by atoms with van der Waals surface area (Å²) in [6, 6.07) is 0. The average Bonchev–Trinajstić information content (AvgIpc) is 2.29. The van der Waals surface area contributed by atoms with Gasteiger partial charge in [-0.2, -0.15) is 26.3 Å². The van der Waals surface area contributed by atoms with Gasteiger partial charge in [0.1, 0.15) is 13.2 Å². The minimum atomic E-state index is -6.30. The third-order valence-corrected chi connectivity index (χ3v) is 1.98. The molecule has 0 aliphatic carbocycles. The molecule has 0 atom stereocenters. The number of carbonyl (C=O) groups is 2. The molecular weight excluding hydrogens is 302 g/mol. The highest BCUT2D eigenvalue weighted by Crippen LogP contribution is 2.43. The van der Waals surface area contributed by atoms with Gasteiger partial charge in [-0.1, -0.05) is 6.92 Å². The highest BCUT2D eigenvalue weighted by molar-refractivity contribution is 5.81. The largest absolute Gasteiger partial charge is 0.462 e. The fourth-order valence-corrected chi connectivity index (χ4v) is 0.889. The van der Waals surface area contributed by atoms with Gasteiger partial charge in [-0.15, -0.1) is 0 Å². The summed E-state index contributed by atoms with van der Waals surface area (Å²) in [4.78, 5) is 21.4. The van der Waals surface area contributed by atoms with Gasteiger partial charge in [-0.25, -0.2) is 4.79 Å². The first-order chi connectivity index (χ1) is 8.88. The molecule has 1 N–H and O–H groups in total. The maximum absolute atomic E-state index is 12.2. The molecule has 0 aliphatic rings. The topological polar surface area (TPSA) is 72.8 Å². The molecule has 0 amide bonds. The Morgan fingerprint density at radius 2 is 1.35 bits per heavy atom. The Kier molecular flexibility index (Phi) is 5.81. The van der Waals surface area contributed by atoms with Gasteiger partial charge >= 0.3 is 29.9 Å². The highest BCUT2D eigenvalue weighted by Gasteiger charge is 2.76. The van der Waals surface area contributed by atoms with Crippen LogP contribution in [0.2, 0.25) is 0 Å². The number of hydrogen-bond donors (Lipinski definition) is 1. The SMILES string of the molecule is CCC(=O)OCCOC(=O)C(O)(C(F)(F)F)C(F)(F)F. The first kappa shape index (κ1) is 18.5. The van der Waals surface area contributed by atoms with Crippen molar-refractivity contribution in [3.8, 4) is 0 Å². The lowest BCUT2D eigenvalue weighted by molar-refractivity contribution is -0.357. The summed E-state index contributed by atoms with van der Waals surface area (Å²) < 4.78 is 81.0. The molecule has 0 rings (SSSR count). The summed E-state index contributed by atoms with van der Waals surface area (Å²) in [5, 5.41) is 8.58. The van der Waals surface area contributed by atoms with Crippen molar-refractivity contribution < 1.29 is 50.5 Å². The fourth-order valence-electron chi connectivity index (χ4n) is 0.889. The van der Waals surface area contributed by atoms with Crippen molar-refractivity contribution in [2.24, 2.45) is 0 Å². The van der Waals surface area contributed by atoms with Crippen molar-refractivity contribution in [2.75, 3.05) is 13.2 Å². The first-order valence-corrected chi connectivity index (χ1v) is 5.06. The van der Waals surface area contributed by atoms with Crippen LogP contribution < -0.4 is 0 Å². The molecule has 118 valence electrons. The Balaban J connectivity index is 4.74. The molecule has 0 unspecified atom stereocenters. The number of ether oxygens (including phenoxy) is 2. The predicted octanol–water partition coefficient (Wildman–Crippen LogP) is 1.34. The standard InChI is InChI=1S/C9H10F6O5/c1-2-5(16)19-3-4-20-6(17)7(18,8(10,11)12)9(13,14)15/h18H,2-4H2,1H3. The summed E-state index contributed by atoms with van der Waals surface area (Å²) in [7, 11) is 0. The van der Waals surface area contributed by atoms with Crippen molar-refractivity contribution >= 4 is 11.9 Å². The molecule has 5 nitrogen and oxygen atoms in total. The van der Waals surface area contributed by atoms with Gasteiger partial charge in [-0.3, -0.25) is 4.79 Å². The van der Waals surface area contributed by atoms with Gasteiger partial charge < -0.3 is 14.6 Å². The Hall–Kier alpha value is -1.52. The minimum absolute atomic E-state index is 0.0804. The number of halogens is 6. The van der Waals surface area contributed by atoms with E-state index in [2.05, 4.69) is 9.47 Å². The number of carbonyl (C=O) groups excluding carboxylic acids is 2. The van der Waals surface area contributed by atoms with Crippen LogP contribution in [-0.2, 0) is 19.1 Å². The number of rotatable bonds is 5. The second kappa shape index (κ2) is 6.29. The highest BCUT2D eigenvalue weighted by atomic mass is 19.4. The average molecular weight is 312 g/mol. The first-order valence-electron chi connectivity index (χ1n) is 5.06. The van der Waals surface area contributed by atoms with Crippen LogP contribution >= 0.6 is 0 Å². The fraction of sp³-hybridized carbons (Fsp3) is 0.778. The monoisotopic (exact) mass is 312 g/mol. The van der Waals surface area contributed by atoms with E-state index in [4.69, 9.17) is 5.11 Å². The van der Waals surface area contributed by atoms with E-state index in [0.717, 1.165) is 0 Å². The van der Waals surface area contributed by atoms with Gasteiger partial charge in [0.05, 0.1) is 0 Å². The zero-order chi connectivity index (χ0) is 16.2. The Bertz CT molecular complexity index is 347.